The summed E-state index contributed by atoms with van der Waals surface area (Å²) >= 11 is 5.19. The highest BCUT2D eigenvalue weighted by Crippen LogP contribution is 2.12. The van der Waals surface area contributed by atoms with Crippen LogP contribution >= 0.6 is 12.2 Å². The summed E-state index contributed by atoms with van der Waals surface area (Å²) < 4.78 is 12.0. The van der Waals surface area contributed by atoms with Crippen molar-refractivity contribution in [2.75, 3.05) is 25.1 Å². The molecule has 0 saturated carbocycles. The molecule has 0 spiro atoms. The number of ether oxygens (including phenoxy) is 1. The predicted octanol–water partition coefficient (Wildman–Crippen LogP) is 0.990. The maximum Gasteiger partial charge on any atom is 0.210 e. The van der Waals surface area contributed by atoms with Crippen LogP contribution in [0, 0.1) is 6.92 Å². The Hall–Kier alpha value is -1.31. The third kappa shape index (κ3) is 5.91. The lowest BCUT2D eigenvalue weighted by Gasteiger charge is -2.13. The summed E-state index contributed by atoms with van der Waals surface area (Å²) in [5.41, 5.74) is 0.857. The fourth-order valence-corrected chi connectivity index (χ4v) is 1.55. The highest BCUT2D eigenvalue weighted by atomic mass is 32.1. The van der Waals surface area contributed by atoms with Gasteiger partial charge in [-0.05, 0) is 32.5 Å². The van der Waals surface area contributed by atoms with E-state index in [1.165, 1.54) is 0 Å². The van der Waals surface area contributed by atoms with E-state index in [0.717, 1.165) is 5.56 Å². The Balaban J connectivity index is 2.55. The van der Waals surface area contributed by atoms with Gasteiger partial charge in [0.25, 0.3) is 0 Å². The summed E-state index contributed by atoms with van der Waals surface area (Å²) in [6.45, 7) is 5.82. The van der Waals surface area contributed by atoms with Gasteiger partial charge in [-0.25, -0.2) is 9.97 Å². The van der Waals surface area contributed by atoms with Crippen molar-refractivity contribution < 1.29 is 9.85 Å². The minimum atomic E-state index is 0.373. The van der Waals surface area contributed by atoms with Crippen molar-refractivity contribution in [2.45, 2.75) is 26.9 Å². The second-order valence-corrected chi connectivity index (χ2v) is 4.28. The molecule has 0 atom stereocenters. The molecule has 1 rings (SSSR count). The molecule has 0 fully saturated rings. The molecule has 1 aromatic heterocycles. The number of hydrogen-bond acceptors (Lipinski definition) is 5. The monoisotopic (exact) mass is 286 g/mol. The highest BCUT2D eigenvalue weighted by molar-refractivity contribution is 7.80. The van der Waals surface area contributed by atoms with Gasteiger partial charge in [-0.15, -0.1) is 0 Å². The lowest BCUT2D eigenvalue weighted by Crippen LogP contribution is -2.30. The number of thiocarbonyl (C=S) groups is 1. The van der Waals surface area contributed by atoms with Crippen molar-refractivity contribution >= 4 is 23.1 Å². The van der Waals surface area contributed by atoms with Gasteiger partial charge in [0.15, 0.2) is 5.11 Å². The number of aromatic nitrogens is 2. The Labute approximate surface area is 120 Å². The van der Waals surface area contributed by atoms with E-state index in [0.29, 0.717) is 49.5 Å². The van der Waals surface area contributed by atoms with Crippen LogP contribution in [0.4, 0.5) is 5.82 Å². The van der Waals surface area contributed by atoms with Crippen LogP contribution < -0.4 is 10.6 Å². The molecule has 0 unspecified atom stereocenters. The van der Waals surface area contributed by atoms with Crippen molar-refractivity contribution in [3.05, 3.63) is 17.6 Å². The van der Waals surface area contributed by atoms with Gasteiger partial charge in [-0.3, -0.25) is 0 Å². The fraction of sp³-hybridized carbons (Fsp3) is 0.583. The van der Waals surface area contributed by atoms with Gasteiger partial charge >= 0.3 is 0 Å². The Bertz CT molecular complexity index is 434. The molecule has 7 heteroatoms. The Morgan fingerprint density at radius 1 is 1.63 bits per heavy atom. The third-order valence-corrected chi connectivity index (χ3v) is 2.53. The third-order valence-electron chi connectivity index (χ3n) is 2.29. The van der Waals surface area contributed by atoms with E-state index < -0.39 is 0 Å². The first-order valence-corrected chi connectivity index (χ1v) is 6.61. The fourth-order valence-electron chi connectivity index (χ4n) is 1.35. The predicted molar refractivity (Wildman–Crippen MR) is 78.0 cm³/mol. The second-order valence-electron chi connectivity index (χ2n) is 3.87. The average molecular weight is 286 g/mol. The van der Waals surface area contributed by atoms with E-state index in [-0.39, 0.29) is 0 Å². The largest absolute Gasteiger partial charge is 0.396 e. The lowest BCUT2D eigenvalue weighted by atomic mass is 10.3. The van der Waals surface area contributed by atoms with Crippen LogP contribution in [0.2, 0.25) is 0 Å². The van der Waals surface area contributed by atoms with Gasteiger partial charge in [-0.1, -0.05) is 0 Å². The number of nitrogens with one attached hydrogen (secondary N) is 2. The Kier molecular flexibility index (Phi) is 6.48. The number of anilines is 1. The quantitative estimate of drug-likeness (QED) is 0.486. The van der Waals surface area contributed by atoms with Crippen molar-refractivity contribution in [3.63, 3.8) is 0 Å². The van der Waals surface area contributed by atoms with Crippen LogP contribution in [-0.2, 0) is 11.3 Å². The molecule has 19 heavy (non-hydrogen) atoms. The van der Waals surface area contributed by atoms with Gasteiger partial charge in [0.1, 0.15) is 11.6 Å². The second kappa shape index (κ2) is 8.73. The molecule has 0 amide bonds. The Morgan fingerprint density at radius 3 is 3.21 bits per heavy atom. The highest BCUT2D eigenvalue weighted by Gasteiger charge is 2.07. The van der Waals surface area contributed by atoms with E-state index in [1.807, 2.05) is 13.8 Å². The first-order valence-electron chi connectivity index (χ1n) is 6.61. The maximum atomic E-state index is 6.58. The molecule has 0 aromatic carbocycles. The van der Waals surface area contributed by atoms with Crippen molar-refractivity contribution in [2.24, 2.45) is 0 Å². The van der Waals surface area contributed by atoms with Crippen molar-refractivity contribution in [3.8, 4) is 0 Å². The van der Waals surface area contributed by atoms with E-state index in [2.05, 4.69) is 25.7 Å². The van der Waals surface area contributed by atoms with Gasteiger partial charge in [0.2, 0.25) is 1.43 Å². The van der Waals surface area contributed by atoms with Crippen LogP contribution in [0.15, 0.2) is 6.20 Å². The standard InChI is InChI=1S/C12H20N4O2S/c1-3-18-8-10-7-14-9(2)15-11(10)16-12(19)13-5-4-6-17/h7,17H,3-6,8H2,1-2H3,(H2,13,14,15,16,19)/i17T. The summed E-state index contributed by atoms with van der Waals surface area (Å²) in [6.07, 6.45) is 2.44. The minimum absolute atomic E-state index is 0.373. The first kappa shape index (κ1) is 14.1. The van der Waals surface area contributed by atoms with E-state index in [4.69, 9.17) is 18.4 Å². The minimum Gasteiger partial charge on any atom is -0.396 e. The molecular weight excluding hydrogens is 264 g/mol. The summed E-state index contributed by atoms with van der Waals surface area (Å²) in [4.78, 5) is 8.48. The molecule has 0 aliphatic rings. The molecule has 106 valence electrons. The van der Waals surface area contributed by atoms with Gasteiger partial charge in [-0.2, -0.15) is 0 Å². The molecule has 1 heterocycles. The molecule has 3 N–H and O–H groups in total. The van der Waals surface area contributed by atoms with Crippen LogP contribution in [0.3, 0.4) is 0 Å². The average Bonchev–Trinajstić information content (AvgIpc) is 2.43. The van der Waals surface area contributed by atoms with Gasteiger partial charge in [0.05, 0.1) is 6.61 Å². The molecule has 0 radical (unpaired) electrons. The number of aliphatic hydroxyl groups excluding tert-OH is 1. The van der Waals surface area contributed by atoms with Crippen molar-refractivity contribution in [1.29, 1.82) is 1.43 Å². The zero-order chi connectivity index (χ0) is 14.8. The van der Waals surface area contributed by atoms with E-state index >= 15 is 0 Å². The zero-order valence-corrected chi connectivity index (χ0v) is 12.0. The smallest absolute Gasteiger partial charge is 0.210 e. The number of hydrogen-bond donors (Lipinski definition) is 3. The first-order chi connectivity index (χ1) is 9.67. The van der Waals surface area contributed by atoms with Crippen LogP contribution in [-0.4, -0.2) is 41.4 Å². The van der Waals surface area contributed by atoms with Crippen molar-refractivity contribution in [1.82, 2.24) is 15.3 Å². The number of rotatable bonds is 8. The van der Waals surface area contributed by atoms with Crippen LogP contribution in [0.25, 0.3) is 0 Å². The lowest BCUT2D eigenvalue weighted by molar-refractivity contribution is 0.134. The summed E-state index contributed by atoms with van der Waals surface area (Å²) in [7, 11) is 0. The van der Waals surface area contributed by atoms with Crippen LogP contribution in [0.1, 0.15) is 24.7 Å². The van der Waals surface area contributed by atoms with Gasteiger partial charge < -0.3 is 20.5 Å². The Morgan fingerprint density at radius 2 is 2.47 bits per heavy atom. The van der Waals surface area contributed by atoms with E-state index in [1.54, 1.807) is 6.20 Å². The zero-order valence-electron chi connectivity index (χ0n) is 12.2. The molecule has 6 nitrogen and oxygen atoms in total. The summed E-state index contributed by atoms with van der Waals surface area (Å²) in [5, 5.41) is 10.8. The number of aliphatic hydroxyl groups is 1. The molecular formula is C12H20N4O2S. The van der Waals surface area contributed by atoms with E-state index in [9.17, 15) is 0 Å². The maximum absolute atomic E-state index is 6.58. The summed E-state index contributed by atoms with van der Waals surface area (Å²) in [6, 6.07) is 0. The number of nitrogens with zero attached hydrogens (tertiary/aromatic N) is 2. The molecule has 0 aliphatic heterocycles. The molecule has 0 bridgehead atoms. The topological polar surface area (TPSA) is 79.3 Å². The summed E-state index contributed by atoms with van der Waals surface area (Å²) in [5.74, 6) is 1.32. The molecule has 0 saturated heterocycles. The number of aryl methyl sites for hydroxylation is 1. The SMILES string of the molecule is [3H]OCCCNC(=S)Nc1nc(C)ncc1COCC. The molecule has 1 aromatic rings. The van der Waals surface area contributed by atoms with Gasteiger partial charge in [0, 0.05) is 31.5 Å². The van der Waals surface area contributed by atoms with Crippen LogP contribution in [0.5, 0.6) is 0 Å². The molecule has 0 aliphatic carbocycles. The normalized spacial score (nSPS) is 10.9.